The molecule has 1 fully saturated rings. The molecule has 0 radical (unpaired) electrons. The monoisotopic (exact) mass is 144 g/mol. The number of rotatable bonds is 0. The summed E-state index contributed by atoms with van der Waals surface area (Å²) >= 11 is 0. The minimum absolute atomic E-state index is 0.838. The van der Waals surface area contributed by atoms with Crippen LogP contribution in [-0.2, 0) is 4.84 Å². The van der Waals surface area contributed by atoms with Crippen LogP contribution in [0.4, 0.5) is 0 Å². The number of hydrazine groups is 1. The fourth-order valence-corrected chi connectivity index (χ4v) is 1.08. The van der Waals surface area contributed by atoms with E-state index >= 15 is 0 Å². The van der Waals surface area contributed by atoms with E-state index in [1.165, 1.54) is 25.7 Å². The number of hydrogen-bond donors (Lipinski definition) is 1. The zero-order valence-electron chi connectivity index (χ0n) is 6.60. The van der Waals surface area contributed by atoms with Gasteiger partial charge in [0.05, 0.1) is 6.61 Å². The molecule has 0 aromatic carbocycles. The Morgan fingerprint density at radius 2 is 2.00 bits per heavy atom. The molecule has 0 unspecified atom stereocenters. The first-order valence-electron chi connectivity index (χ1n) is 3.98. The second-order valence-electron chi connectivity index (χ2n) is 2.78. The topological polar surface area (TPSA) is 24.5 Å². The fourth-order valence-electron chi connectivity index (χ4n) is 1.08. The first-order valence-corrected chi connectivity index (χ1v) is 3.98. The van der Waals surface area contributed by atoms with Gasteiger partial charge in [-0.05, 0) is 12.8 Å². The van der Waals surface area contributed by atoms with E-state index < -0.39 is 0 Å². The van der Waals surface area contributed by atoms with Gasteiger partial charge >= 0.3 is 0 Å². The van der Waals surface area contributed by atoms with Crippen molar-refractivity contribution in [3.05, 3.63) is 0 Å². The lowest BCUT2D eigenvalue weighted by Gasteiger charge is -2.15. The Morgan fingerprint density at radius 3 is 2.90 bits per heavy atom. The molecule has 1 N–H and O–H groups in total. The molecule has 10 heavy (non-hydrogen) atoms. The molecule has 3 heteroatoms. The molecule has 0 aromatic heterocycles. The fraction of sp³-hybridized carbons (Fsp3) is 1.00. The van der Waals surface area contributed by atoms with Gasteiger partial charge in [0.1, 0.15) is 0 Å². The Morgan fingerprint density at radius 1 is 1.20 bits per heavy atom. The minimum Gasteiger partial charge on any atom is -0.287 e. The molecule has 1 rings (SSSR count). The van der Waals surface area contributed by atoms with E-state index in [4.69, 9.17) is 4.84 Å². The average molecular weight is 144 g/mol. The van der Waals surface area contributed by atoms with Crippen LogP contribution in [0, 0.1) is 0 Å². The van der Waals surface area contributed by atoms with Crippen LogP contribution in [-0.4, -0.2) is 25.2 Å². The molecule has 0 spiro atoms. The first-order chi connectivity index (χ1) is 4.89. The maximum absolute atomic E-state index is 5.14. The zero-order valence-corrected chi connectivity index (χ0v) is 6.60. The highest BCUT2D eigenvalue weighted by Gasteiger charge is 2.00. The van der Waals surface area contributed by atoms with Crippen LogP contribution in [0.15, 0.2) is 0 Å². The Labute approximate surface area is 62.3 Å². The molecule has 1 heterocycles. The minimum atomic E-state index is 0.838. The van der Waals surface area contributed by atoms with Gasteiger partial charge in [-0.15, -0.1) is 5.59 Å². The normalized spacial score (nSPS) is 24.9. The third-order valence-electron chi connectivity index (χ3n) is 1.71. The van der Waals surface area contributed by atoms with E-state index in [0.717, 1.165) is 13.2 Å². The SMILES string of the molecule is CN1CCCCCCON1. The lowest BCUT2D eigenvalue weighted by Crippen LogP contribution is -2.34. The first kappa shape index (κ1) is 7.98. The second-order valence-corrected chi connectivity index (χ2v) is 2.78. The third kappa shape index (κ3) is 3.15. The maximum Gasteiger partial charge on any atom is 0.0698 e. The van der Waals surface area contributed by atoms with Crippen LogP contribution in [0.25, 0.3) is 0 Å². The standard InChI is InChI=1S/C7H16N2O/c1-9-6-4-2-3-5-7-10-8-9/h8H,2-7H2,1H3. The van der Waals surface area contributed by atoms with Gasteiger partial charge in [-0.1, -0.05) is 12.8 Å². The van der Waals surface area contributed by atoms with Crippen molar-refractivity contribution in [1.29, 1.82) is 0 Å². The van der Waals surface area contributed by atoms with Gasteiger partial charge in [-0.25, -0.2) is 5.01 Å². The van der Waals surface area contributed by atoms with Gasteiger partial charge in [0.25, 0.3) is 0 Å². The van der Waals surface area contributed by atoms with Crippen molar-refractivity contribution in [2.75, 3.05) is 20.2 Å². The zero-order chi connectivity index (χ0) is 7.23. The lowest BCUT2D eigenvalue weighted by atomic mass is 10.2. The summed E-state index contributed by atoms with van der Waals surface area (Å²) in [6, 6.07) is 0. The van der Waals surface area contributed by atoms with Gasteiger partial charge in [-0.3, -0.25) is 4.84 Å². The van der Waals surface area contributed by atoms with Crippen LogP contribution in [0.3, 0.4) is 0 Å². The van der Waals surface area contributed by atoms with Crippen molar-refractivity contribution in [3.63, 3.8) is 0 Å². The summed E-state index contributed by atoms with van der Waals surface area (Å²) in [7, 11) is 2.01. The molecule has 0 aliphatic carbocycles. The quantitative estimate of drug-likeness (QED) is 0.547. The molecule has 0 aromatic rings. The number of nitrogens with zero attached hydrogens (tertiary/aromatic N) is 1. The largest absolute Gasteiger partial charge is 0.287 e. The summed E-state index contributed by atoms with van der Waals surface area (Å²) in [5.41, 5.74) is 2.86. The molecule has 0 bridgehead atoms. The van der Waals surface area contributed by atoms with E-state index in [-0.39, 0.29) is 0 Å². The summed E-state index contributed by atoms with van der Waals surface area (Å²) in [6.45, 7) is 1.92. The highest BCUT2D eigenvalue weighted by atomic mass is 16.7. The molecule has 0 atom stereocenters. The molecule has 1 saturated heterocycles. The van der Waals surface area contributed by atoms with Crippen molar-refractivity contribution in [1.82, 2.24) is 10.6 Å². The van der Waals surface area contributed by atoms with Crippen LogP contribution < -0.4 is 5.59 Å². The van der Waals surface area contributed by atoms with E-state index in [9.17, 15) is 0 Å². The van der Waals surface area contributed by atoms with Crippen molar-refractivity contribution in [2.24, 2.45) is 0 Å². The number of nitrogens with one attached hydrogen (secondary N) is 1. The highest BCUT2D eigenvalue weighted by molar-refractivity contribution is 4.47. The molecular formula is C7H16N2O. The summed E-state index contributed by atoms with van der Waals surface area (Å²) in [5, 5.41) is 1.99. The van der Waals surface area contributed by atoms with Gasteiger partial charge in [0, 0.05) is 13.6 Å². The van der Waals surface area contributed by atoms with Crippen LogP contribution in [0.2, 0.25) is 0 Å². The van der Waals surface area contributed by atoms with Gasteiger partial charge < -0.3 is 0 Å². The lowest BCUT2D eigenvalue weighted by molar-refractivity contribution is -0.0687. The van der Waals surface area contributed by atoms with Crippen molar-refractivity contribution in [2.45, 2.75) is 25.7 Å². The average Bonchev–Trinajstić information content (AvgIpc) is 2.02. The van der Waals surface area contributed by atoms with E-state index in [1.807, 2.05) is 12.1 Å². The van der Waals surface area contributed by atoms with Crippen LogP contribution in [0.1, 0.15) is 25.7 Å². The van der Waals surface area contributed by atoms with Gasteiger partial charge in [0.2, 0.25) is 0 Å². The summed E-state index contributed by atoms with van der Waals surface area (Å²) in [5.74, 6) is 0. The smallest absolute Gasteiger partial charge is 0.0698 e. The van der Waals surface area contributed by atoms with Crippen molar-refractivity contribution < 1.29 is 4.84 Å². The van der Waals surface area contributed by atoms with Crippen molar-refractivity contribution in [3.8, 4) is 0 Å². The molecule has 0 amide bonds. The van der Waals surface area contributed by atoms with E-state index in [0.29, 0.717) is 0 Å². The van der Waals surface area contributed by atoms with Crippen molar-refractivity contribution >= 4 is 0 Å². The molecule has 1 aliphatic heterocycles. The summed E-state index contributed by atoms with van der Waals surface area (Å²) < 4.78 is 0. The Kier molecular flexibility index (Phi) is 3.72. The highest BCUT2D eigenvalue weighted by Crippen LogP contribution is 2.02. The molecule has 0 saturated carbocycles. The van der Waals surface area contributed by atoms with Gasteiger partial charge in [-0.2, -0.15) is 0 Å². The molecular weight excluding hydrogens is 128 g/mol. The Bertz CT molecular complexity index is 77.7. The molecule has 60 valence electrons. The Hall–Kier alpha value is -0.120. The number of hydrogen-bond acceptors (Lipinski definition) is 3. The van der Waals surface area contributed by atoms with Crippen LogP contribution >= 0.6 is 0 Å². The van der Waals surface area contributed by atoms with Gasteiger partial charge in [0.15, 0.2) is 0 Å². The van der Waals surface area contributed by atoms with E-state index in [1.54, 1.807) is 0 Å². The third-order valence-corrected chi connectivity index (χ3v) is 1.71. The predicted molar refractivity (Wildman–Crippen MR) is 40.2 cm³/mol. The molecule has 1 aliphatic rings. The summed E-state index contributed by atoms with van der Waals surface area (Å²) in [4.78, 5) is 5.14. The Balaban J connectivity index is 2.15. The summed E-state index contributed by atoms with van der Waals surface area (Å²) in [6.07, 6.45) is 5.08. The molecule has 3 nitrogen and oxygen atoms in total. The maximum atomic E-state index is 5.14. The van der Waals surface area contributed by atoms with E-state index in [2.05, 4.69) is 5.59 Å². The predicted octanol–water partition coefficient (Wildman–Crippen LogP) is 0.928. The second kappa shape index (κ2) is 4.66. The van der Waals surface area contributed by atoms with Crippen LogP contribution in [0.5, 0.6) is 0 Å².